The summed E-state index contributed by atoms with van der Waals surface area (Å²) < 4.78 is 5.26. The first-order chi connectivity index (χ1) is 11.4. The van der Waals surface area contributed by atoms with Crippen LogP contribution in [0.25, 0.3) is 0 Å². The van der Waals surface area contributed by atoms with Gasteiger partial charge in [0.25, 0.3) is 17.3 Å². The largest absolute Gasteiger partial charge is 0.484 e. The molecule has 0 bridgehead atoms. The Bertz CT molecular complexity index is 806. The minimum Gasteiger partial charge on any atom is -0.484 e. The van der Waals surface area contributed by atoms with Crippen LogP contribution in [0.4, 0.5) is 17.1 Å². The van der Waals surface area contributed by atoms with Crippen molar-refractivity contribution in [3.05, 3.63) is 68.3 Å². The van der Waals surface area contributed by atoms with Crippen LogP contribution < -0.4 is 10.1 Å². The second kappa shape index (κ2) is 7.18. The van der Waals surface area contributed by atoms with Gasteiger partial charge in [-0.05, 0) is 25.1 Å². The lowest BCUT2D eigenvalue weighted by Crippen LogP contribution is -2.20. The van der Waals surface area contributed by atoms with Crippen molar-refractivity contribution in [2.24, 2.45) is 0 Å². The molecule has 2 aromatic rings. The molecule has 0 atom stereocenters. The first-order valence-corrected chi connectivity index (χ1v) is 6.79. The monoisotopic (exact) mass is 331 g/mol. The maximum Gasteiger partial charge on any atom is 0.272 e. The SMILES string of the molecule is Cc1cc(OCC(=O)Nc2cccc([N+](=O)[O-])c2)ccc1[N+](=O)[O-]. The Kier molecular flexibility index (Phi) is 5.05. The van der Waals surface area contributed by atoms with Gasteiger partial charge in [-0.3, -0.25) is 25.0 Å². The van der Waals surface area contributed by atoms with Gasteiger partial charge in [0, 0.05) is 29.4 Å². The van der Waals surface area contributed by atoms with Crippen LogP contribution in [0, 0.1) is 27.2 Å². The Hall–Kier alpha value is -3.49. The number of amides is 1. The number of carbonyl (C=O) groups excluding carboxylic acids is 1. The highest BCUT2D eigenvalue weighted by Gasteiger charge is 2.12. The van der Waals surface area contributed by atoms with Gasteiger partial charge in [-0.1, -0.05) is 6.07 Å². The fourth-order valence-electron chi connectivity index (χ4n) is 1.97. The molecule has 0 saturated heterocycles. The number of non-ortho nitro benzene ring substituents is 1. The van der Waals surface area contributed by atoms with Gasteiger partial charge in [0.05, 0.1) is 9.85 Å². The second-order valence-electron chi connectivity index (χ2n) is 4.85. The van der Waals surface area contributed by atoms with Gasteiger partial charge in [0.15, 0.2) is 6.61 Å². The zero-order chi connectivity index (χ0) is 17.7. The van der Waals surface area contributed by atoms with E-state index in [-0.39, 0.29) is 23.7 Å². The lowest BCUT2D eigenvalue weighted by molar-refractivity contribution is -0.385. The van der Waals surface area contributed by atoms with Crippen LogP contribution in [0.1, 0.15) is 5.56 Å². The number of carbonyl (C=O) groups is 1. The average molecular weight is 331 g/mol. The molecule has 124 valence electrons. The summed E-state index contributed by atoms with van der Waals surface area (Å²) in [6, 6.07) is 9.66. The van der Waals surface area contributed by atoms with E-state index in [0.29, 0.717) is 11.3 Å². The molecule has 2 rings (SSSR count). The molecule has 0 saturated carbocycles. The number of rotatable bonds is 6. The number of nitro groups is 2. The Morgan fingerprint density at radius 2 is 1.88 bits per heavy atom. The molecule has 0 heterocycles. The molecule has 9 nitrogen and oxygen atoms in total. The number of ether oxygens (including phenoxy) is 1. The van der Waals surface area contributed by atoms with Gasteiger partial charge < -0.3 is 10.1 Å². The highest BCUT2D eigenvalue weighted by Crippen LogP contribution is 2.23. The zero-order valence-electron chi connectivity index (χ0n) is 12.6. The summed E-state index contributed by atoms with van der Waals surface area (Å²) >= 11 is 0. The number of hydrogen-bond donors (Lipinski definition) is 1. The number of nitro benzene ring substituents is 2. The van der Waals surface area contributed by atoms with E-state index >= 15 is 0 Å². The lowest BCUT2D eigenvalue weighted by Gasteiger charge is -2.08. The van der Waals surface area contributed by atoms with Crippen LogP contribution in [0.3, 0.4) is 0 Å². The van der Waals surface area contributed by atoms with Crippen LogP contribution in [0.2, 0.25) is 0 Å². The van der Waals surface area contributed by atoms with Crippen molar-refractivity contribution in [2.45, 2.75) is 6.92 Å². The third-order valence-electron chi connectivity index (χ3n) is 3.08. The number of benzene rings is 2. The Balaban J connectivity index is 1.96. The minimum absolute atomic E-state index is 0.0385. The molecule has 0 aliphatic heterocycles. The number of aryl methyl sites for hydroxylation is 1. The maximum absolute atomic E-state index is 11.8. The van der Waals surface area contributed by atoms with E-state index in [1.807, 2.05) is 0 Å². The zero-order valence-corrected chi connectivity index (χ0v) is 12.6. The van der Waals surface area contributed by atoms with E-state index in [1.165, 1.54) is 42.5 Å². The van der Waals surface area contributed by atoms with Crippen LogP contribution >= 0.6 is 0 Å². The molecule has 1 N–H and O–H groups in total. The number of nitrogens with zero attached hydrogens (tertiary/aromatic N) is 2. The number of nitrogens with one attached hydrogen (secondary N) is 1. The standard InChI is InChI=1S/C15H13N3O6/c1-10-7-13(5-6-14(10)18(22)23)24-9-15(19)16-11-3-2-4-12(8-11)17(20)21/h2-8H,9H2,1H3,(H,16,19). The van der Waals surface area contributed by atoms with Gasteiger partial charge in [0.1, 0.15) is 5.75 Å². The molecule has 0 fully saturated rings. The number of anilines is 1. The maximum atomic E-state index is 11.8. The van der Waals surface area contributed by atoms with E-state index in [0.717, 1.165) is 0 Å². The van der Waals surface area contributed by atoms with Crippen molar-refractivity contribution in [1.29, 1.82) is 0 Å². The fourth-order valence-corrected chi connectivity index (χ4v) is 1.97. The van der Waals surface area contributed by atoms with Crippen molar-refractivity contribution >= 4 is 23.0 Å². The van der Waals surface area contributed by atoms with Crippen molar-refractivity contribution in [3.63, 3.8) is 0 Å². The molecule has 0 radical (unpaired) electrons. The number of hydrogen-bond acceptors (Lipinski definition) is 6. The summed E-state index contributed by atoms with van der Waals surface area (Å²) in [7, 11) is 0. The molecule has 2 aromatic carbocycles. The summed E-state index contributed by atoms with van der Waals surface area (Å²) in [5.41, 5.74) is 0.511. The Labute approximate surface area is 136 Å². The summed E-state index contributed by atoms with van der Waals surface area (Å²) in [5.74, 6) is -0.196. The summed E-state index contributed by atoms with van der Waals surface area (Å²) in [6.45, 7) is 1.23. The van der Waals surface area contributed by atoms with Gasteiger partial charge in [-0.25, -0.2) is 0 Å². The molecule has 0 aliphatic carbocycles. The van der Waals surface area contributed by atoms with Crippen LogP contribution in [0.5, 0.6) is 5.75 Å². The highest BCUT2D eigenvalue weighted by atomic mass is 16.6. The van der Waals surface area contributed by atoms with Crippen LogP contribution in [0.15, 0.2) is 42.5 Å². The van der Waals surface area contributed by atoms with Gasteiger partial charge in [-0.2, -0.15) is 0 Å². The molecule has 24 heavy (non-hydrogen) atoms. The predicted octanol–water partition coefficient (Wildman–Crippen LogP) is 2.83. The van der Waals surface area contributed by atoms with Gasteiger partial charge >= 0.3 is 0 Å². The molecule has 0 aliphatic rings. The average Bonchev–Trinajstić information content (AvgIpc) is 2.53. The van der Waals surface area contributed by atoms with E-state index in [1.54, 1.807) is 6.92 Å². The summed E-state index contributed by atoms with van der Waals surface area (Å²) in [5, 5.41) is 23.9. The highest BCUT2D eigenvalue weighted by molar-refractivity contribution is 5.92. The van der Waals surface area contributed by atoms with Crippen molar-refractivity contribution < 1.29 is 19.4 Å². The quantitative estimate of drug-likeness (QED) is 0.641. The third kappa shape index (κ3) is 4.26. The van der Waals surface area contributed by atoms with E-state index in [9.17, 15) is 25.0 Å². The smallest absolute Gasteiger partial charge is 0.272 e. The molecule has 0 unspecified atom stereocenters. The molecule has 1 amide bonds. The normalized spacial score (nSPS) is 10.0. The summed E-state index contributed by atoms with van der Waals surface area (Å²) in [4.78, 5) is 32.2. The van der Waals surface area contributed by atoms with E-state index in [4.69, 9.17) is 4.74 Å². The Morgan fingerprint density at radius 1 is 1.12 bits per heavy atom. The van der Waals surface area contributed by atoms with E-state index in [2.05, 4.69) is 5.32 Å². The third-order valence-corrected chi connectivity index (χ3v) is 3.08. The minimum atomic E-state index is -0.564. The van der Waals surface area contributed by atoms with Crippen LogP contribution in [-0.2, 0) is 4.79 Å². The molecule has 0 aromatic heterocycles. The molecule has 9 heteroatoms. The van der Waals surface area contributed by atoms with Crippen molar-refractivity contribution in [3.8, 4) is 5.75 Å². The van der Waals surface area contributed by atoms with Gasteiger partial charge in [-0.15, -0.1) is 0 Å². The molecule has 0 spiro atoms. The van der Waals surface area contributed by atoms with Crippen molar-refractivity contribution in [1.82, 2.24) is 0 Å². The first-order valence-electron chi connectivity index (χ1n) is 6.79. The second-order valence-corrected chi connectivity index (χ2v) is 4.85. The molecular weight excluding hydrogens is 318 g/mol. The predicted molar refractivity (Wildman–Crippen MR) is 85.1 cm³/mol. The van der Waals surface area contributed by atoms with Crippen molar-refractivity contribution in [2.75, 3.05) is 11.9 Å². The summed E-state index contributed by atoms with van der Waals surface area (Å²) in [6.07, 6.45) is 0. The van der Waals surface area contributed by atoms with E-state index < -0.39 is 15.8 Å². The Morgan fingerprint density at radius 3 is 2.50 bits per heavy atom. The van der Waals surface area contributed by atoms with Gasteiger partial charge in [0.2, 0.25) is 0 Å². The molecular formula is C15H13N3O6. The lowest BCUT2D eigenvalue weighted by atomic mass is 10.2. The fraction of sp³-hybridized carbons (Fsp3) is 0.133. The first kappa shape index (κ1) is 16.9. The van der Waals surface area contributed by atoms with Crippen LogP contribution in [-0.4, -0.2) is 22.4 Å². The topological polar surface area (TPSA) is 125 Å².